The van der Waals surface area contributed by atoms with Gasteiger partial charge in [0, 0.05) is 19.2 Å². The van der Waals surface area contributed by atoms with Gasteiger partial charge in [-0.15, -0.1) is 0 Å². The minimum absolute atomic E-state index is 0.0159. The van der Waals surface area contributed by atoms with Gasteiger partial charge in [-0.25, -0.2) is 4.98 Å². The first-order valence-electron chi connectivity index (χ1n) is 9.66. The molecule has 0 bridgehead atoms. The molecule has 0 N–H and O–H groups in total. The van der Waals surface area contributed by atoms with Crippen LogP contribution in [0.2, 0.25) is 0 Å². The highest BCUT2D eigenvalue weighted by Gasteiger charge is 2.31. The second-order valence-corrected chi connectivity index (χ2v) is 6.98. The van der Waals surface area contributed by atoms with Gasteiger partial charge in [0.2, 0.25) is 0 Å². The fourth-order valence-electron chi connectivity index (χ4n) is 3.64. The lowest BCUT2D eigenvalue weighted by Gasteiger charge is -2.34. The Bertz CT molecular complexity index is 924. The van der Waals surface area contributed by atoms with E-state index in [-0.39, 0.29) is 18.6 Å². The largest absolute Gasteiger partial charge is 0.484 e. The molecule has 0 saturated carbocycles. The van der Waals surface area contributed by atoms with Crippen molar-refractivity contribution in [2.75, 3.05) is 13.2 Å². The van der Waals surface area contributed by atoms with Crippen LogP contribution in [0.1, 0.15) is 31.1 Å². The highest BCUT2D eigenvalue weighted by Crippen LogP contribution is 2.31. The Labute approximate surface area is 164 Å². The van der Waals surface area contributed by atoms with E-state index in [1.807, 2.05) is 72.6 Å². The Morgan fingerprint density at radius 1 is 1.07 bits per heavy atom. The number of carbonyl (C=O) groups excluding carboxylic acids is 1. The standard InChI is InChI=1S/C22H24N4O2/c1-25-22(23-21(24-25)17-10-4-2-5-11-17)19-14-8-9-15-26(19)20(27)16-28-18-12-6-3-7-13-18/h2-7,10-13,19H,8-9,14-16H2,1H3/t19-/m1/s1. The molecule has 28 heavy (non-hydrogen) atoms. The second-order valence-electron chi connectivity index (χ2n) is 6.98. The van der Waals surface area contributed by atoms with Crippen molar-refractivity contribution in [3.8, 4) is 17.1 Å². The second kappa shape index (κ2) is 8.25. The van der Waals surface area contributed by atoms with Gasteiger partial charge < -0.3 is 9.64 Å². The Morgan fingerprint density at radius 2 is 1.79 bits per heavy atom. The summed E-state index contributed by atoms with van der Waals surface area (Å²) in [6, 6.07) is 19.3. The Balaban J connectivity index is 1.52. The van der Waals surface area contributed by atoms with Crippen molar-refractivity contribution in [3.05, 3.63) is 66.5 Å². The van der Waals surface area contributed by atoms with Gasteiger partial charge in [0.05, 0.1) is 6.04 Å². The number of carbonyl (C=O) groups is 1. The van der Waals surface area contributed by atoms with Gasteiger partial charge in [-0.1, -0.05) is 48.5 Å². The minimum atomic E-state index is -0.0735. The predicted octanol–water partition coefficient (Wildman–Crippen LogP) is 3.61. The zero-order chi connectivity index (χ0) is 19.3. The summed E-state index contributed by atoms with van der Waals surface area (Å²) >= 11 is 0. The van der Waals surface area contributed by atoms with Crippen molar-refractivity contribution in [3.63, 3.8) is 0 Å². The number of hydrogen-bond donors (Lipinski definition) is 0. The van der Waals surface area contributed by atoms with E-state index in [1.165, 1.54) is 0 Å². The van der Waals surface area contributed by atoms with Crippen LogP contribution >= 0.6 is 0 Å². The topological polar surface area (TPSA) is 60.2 Å². The van der Waals surface area contributed by atoms with E-state index in [4.69, 9.17) is 9.72 Å². The van der Waals surface area contributed by atoms with E-state index in [0.29, 0.717) is 11.6 Å². The highest BCUT2D eigenvalue weighted by atomic mass is 16.5. The molecule has 6 heteroatoms. The number of aromatic nitrogens is 3. The average Bonchev–Trinajstić information content (AvgIpc) is 3.15. The smallest absolute Gasteiger partial charge is 0.261 e. The van der Waals surface area contributed by atoms with Gasteiger partial charge >= 0.3 is 0 Å². The van der Waals surface area contributed by atoms with Crippen molar-refractivity contribution >= 4 is 5.91 Å². The normalized spacial score (nSPS) is 16.8. The van der Waals surface area contributed by atoms with Gasteiger partial charge in [0.25, 0.3) is 5.91 Å². The molecule has 2 aromatic carbocycles. The third kappa shape index (κ3) is 3.91. The van der Waals surface area contributed by atoms with Crippen molar-refractivity contribution in [1.82, 2.24) is 19.7 Å². The molecule has 6 nitrogen and oxygen atoms in total. The molecule has 0 aliphatic carbocycles. The first-order valence-corrected chi connectivity index (χ1v) is 9.66. The molecule has 1 aliphatic rings. The van der Waals surface area contributed by atoms with Crippen LogP contribution in [0.25, 0.3) is 11.4 Å². The Hall–Kier alpha value is -3.15. The molecular formula is C22H24N4O2. The van der Waals surface area contributed by atoms with Crippen LogP contribution in [0.4, 0.5) is 0 Å². The quantitative estimate of drug-likeness (QED) is 0.682. The lowest BCUT2D eigenvalue weighted by Crippen LogP contribution is -2.42. The number of rotatable bonds is 5. The number of ether oxygens (including phenoxy) is 1. The van der Waals surface area contributed by atoms with E-state index in [0.717, 1.165) is 37.2 Å². The van der Waals surface area contributed by atoms with E-state index < -0.39 is 0 Å². The Morgan fingerprint density at radius 3 is 2.54 bits per heavy atom. The zero-order valence-electron chi connectivity index (χ0n) is 16.0. The molecule has 1 amide bonds. The minimum Gasteiger partial charge on any atom is -0.484 e. The average molecular weight is 376 g/mol. The summed E-state index contributed by atoms with van der Waals surface area (Å²) in [7, 11) is 1.90. The van der Waals surface area contributed by atoms with Gasteiger partial charge in [-0.2, -0.15) is 5.10 Å². The lowest BCUT2D eigenvalue weighted by molar-refractivity contribution is -0.137. The lowest BCUT2D eigenvalue weighted by atomic mass is 10.0. The maximum Gasteiger partial charge on any atom is 0.261 e. The Kier molecular flexibility index (Phi) is 5.37. The zero-order valence-corrected chi connectivity index (χ0v) is 16.0. The molecule has 3 aromatic rings. The predicted molar refractivity (Wildman–Crippen MR) is 107 cm³/mol. The van der Waals surface area contributed by atoms with Gasteiger partial charge in [0.15, 0.2) is 12.4 Å². The van der Waals surface area contributed by atoms with Crippen LogP contribution in [0.5, 0.6) is 5.75 Å². The summed E-state index contributed by atoms with van der Waals surface area (Å²) in [6.07, 6.45) is 2.95. The van der Waals surface area contributed by atoms with Crippen LogP contribution in [-0.4, -0.2) is 38.7 Å². The van der Waals surface area contributed by atoms with Crippen molar-refractivity contribution in [2.45, 2.75) is 25.3 Å². The van der Waals surface area contributed by atoms with Crippen LogP contribution in [0.3, 0.4) is 0 Å². The number of piperidine rings is 1. The molecule has 1 aliphatic heterocycles. The fourth-order valence-corrected chi connectivity index (χ4v) is 3.64. The molecule has 1 atom stereocenters. The molecular weight excluding hydrogens is 352 g/mol. The third-order valence-electron chi connectivity index (χ3n) is 5.06. The molecule has 0 radical (unpaired) electrons. The summed E-state index contributed by atoms with van der Waals surface area (Å²) in [4.78, 5) is 19.6. The summed E-state index contributed by atoms with van der Waals surface area (Å²) in [5.41, 5.74) is 0.977. The number of para-hydroxylation sites is 1. The fraction of sp³-hybridized carbons (Fsp3) is 0.318. The highest BCUT2D eigenvalue weighted by molar-refractivity contribution is 5.78. The molecule has 1 fully saturated rings. The number of amides is 1. The molecule has 2 heterocycles. The summed E-state index contributed by atoms with van der Waals surface area (Å²) in [5, 5.41) is 4.58. The molecule has 4 rings (SSSR count). The summed E-state index contributed by atoms with van der Waals surface area (Å²) < 4.78 is 7.48. The first kappa shape index (κ1) is 18.2. The maximum atomic E-state index is 12.9. The molecule has 144 valence electrons. The SMILES string of the molecule is Cn1nc(-c2ccccc2)nc1[C@H]1CCCCN1C(=O)COc1ccccc1. The molecule has 0 spiro atoms. The number of nitrogens with zero attached hydrogens (tertiary/aromatic N) is 4. The third-order valence-corrected chi connectivity index (χ3v) is 5.06. The molecule has 1 aromatic heterocycles. The van der Waals surface area contributed by atoms with E-state index >= 15 is 0 Å². The first-order chi connectivity index (χ1) is 13.7. The van der Waals surface area contributed by atoms with Crippen LogP contribution in [-0.2, 0) is 11.8 Å². The molecule has 0 unspecified atom stereocenters. The summed E-state index contributed by atoms with van der Waals surface area (Å²) in [5.74, 6) is 2.20. The van der Waals surface area contributed by atoms with Gasteiger partial charge in [-0.05, 0) is 31.4 Å². The number of likely N-dealkylation sites (tertiary alicyclic amines) is 1. The number of hydrogen-bond acceptors (Lipinski definition) is 4. The number of benzene rings is 2. The van der Waals surface area contributed by atoms with Crippen molar-refractivity contribution in [2.24, 2.45) is 7.05 Å². The van der Waals surface area contributed by atoms with Crippen molar-refractivity contribution < 1.29 is 9.53 Å². The van der Waals surface area contributed by atoms with Crippen molar-refractivity contribution in [1.29, 1.82) is 0 Å². The number of aryl methyl sites for hydroxylation is 1. The van der Waals surface area contributed by atoms with Gasteiger partial charge in [-0.3, -0.25) is 9.48 Å². The van der Waals surface area contributed by atoms with E-state index in [9.17, 15) is 4.79 Å². The van der Waals surface area contributed by atoms with Gasteiger partial charge in [0.1, 0.15) is 11.6 Å². The van der Waals surface area contributed by atoms with Crippen LogP contribution < -0.4 is 4.74 Å². The van der Waals surface area contributed by atoms with E-state index in [1.54, 1.807) is 4.68 Å². The van der Waals surface area contributed by atoms with E-state index in [2.05, 4.69) is 5.10 Å². The van der Waals surface area contributed by atoms with Crippen LogP contribution in [0.15, 0.2) is 60.7 Å². The maximum absolute atomic E-state index is 12.9. The van der Waals surface area contributed by atoms with Crippen LogP contribution in [0, 0.1) is 0 Å². The monoisotopic (exact) mass is 376 g/mol. The summed E-state index contributed by atoms with van der Waals surface area (Å²) in [6.45, 7) is 0.749. The molecule has 1 saturated heterocycles.